The van der Waals surface area contributed by atoms with Crippen molar-refractivity contribution in [3.05, 3.63) is 75.9 Å². The summed E-state index contributed by atoms with van der Waals surface area (Å²) in [4.78, 5) is 28.9. The molecule has 0 saturated carbocycles. The number of aryl methyl sites for hydroxylation is 2. The molecule has 3 rings (SSSR count). The topological polar surface area (TPSA) is 81.4 Å². The molecule has 0 aliphatic heterocycles. The molecule has 0 bridgehead atoms. The molecule has 0 unspecified atom stereocenters. The maximum atomic E-state index is 12.6. The number of nitrogens with one attached hydrogen (secondary N) is 1. The third-order valence-electron chi connectivity index (χ3n) is 4.41. The van der Waals surface area contributed by atoms with E-state index in [0.717, 1.165) is 22.1 Å². The molecule has 144 valence electrons. The summed E-state index contributed by atoms with van der Waals surface area (Å²) in [5, 5.41) is 3.51. The smallest absolute Gasteiger partial charge is 0.340 e. The maximum Gasteiger partial charge on any atom is 0.340 e. The summed E-state index contributed by atoms with van der Waals surface area (Å²) in [5.41, 5.74) is 3.22. The van der Waals surface area contributed by atoms with E-state index in [1.54, 1.807) is 24.5 Å². The van der Waals surface area contributed by atoms with E-state index in [1.807, 2.05) is 32.9 Å². The highest BCUT2D eigenvalue weighted by Crippen LogP contribution is 2.29. The summed E-state index contributed by atoms with van der Waals surface area (Å²) in [6, 6.07) is 7.14. The van der Waals surface area contributed by atoms with Gasteiger partial charge in [-0.25, -0.2) is 4.79 Å². The van der Waals surface area contributed by atoms with Crippen molar-refractivity contribution >= 4 is 22.6 Å². The normalized spacial score (nSPS) is 10.7. The lowest BCUT2D eigenvalue weighted by Gasteiger charge is -2.13. The molecule has 6 heteroatoms. The van der Waals surface area contributed by atoms with Gasteiger partial charge in [0.15, 0.2) is 0 Å². The van der Waals surface area contributed by atoms with Gasteiger partial charge in [0.2, 0.25) is 5.91 Å². The van der Waals surface area contributed by atoms with E-state index in [2.05, 4.69) is 16.9 Å². The Bertz CT molecular complexity index is 1100. The van der Waals surface area contributed by atoms with E-state index in [0.29, 0.717) is 29.2 Å². The predicted octanol–water partition coefficient (Wildman–Crippen LogP) is 3.94. The van der Waals surface area contributed by atoms with Crippen LogP contribution in [0.25, 0.3) is 11.0 Å². The quantitative estimate of drug-likeness (QED) is 0.519. The number of carbonyl (C=O) groups is 1. The maximum absolute atomic E-state index is 12.6. The number of anilines is 1. The average molecular weight is 378 g/mol. The minimum Gasteiger partial charge on any atom is -0.489 e. The van der Waals surface area contributed by atoms with E-state index in [-0.39, 0.29) is 12.3 Å². The number of benzene rings is 1. The highest BCUT2D eigenvalue weighted by atomic mass is 16.5. The Kier molecular flexibility index (Phi) is 5.59. The van der Waals surface area contributed by atoms with Gasteiger partial charge in [0.25, 0.3) is 0 Å². The fraction of sp³-hybridized carbons (Fsp3) is 0.227. The van der Waals surface area contributed by atoms with Gasteiger partial charge in [0.05, 0.1) is 23.9 Å². The van der Waals surface area contributed by atoms with Gasteiger partial charge in [-0.15, -0.1) is 0 Å². The van der Waals surface area contributed by atoms with Crippen molar-refractivity contribution in [2.75, 3.05) is 11.9 Å². The monoisotopic (exact) mass is 378 g/mol. The molecule has 2 heterocycles. The Morgan fingerprint density at radius 3 is 2.71 bits per heavy atom. The lowest BCUT2D eigenvalue weighted by molar-refractivity contribution is -0.115. The third-order valence-corrected chi connectivity index (χ3v) is 4.41. The second-order valence-corrected chi connectivity index (χ2v) is 6.77. The van der Waals surface area contributed by atoms with E-state index in [1.165, 1.54) is 0 Å². The Morgan fingerprint density at radius 2 is 2.04 bits per heavy atom. The van der Waals surface area contributed by atoms with Crippen LogP contribution in [0.2, 0.25) is 0 Å². The van der Waals surface area contributed by atoms with Gasteiger partial charge < -0.3 is 14.5 Å². The first-order valence-electron chi connectivity index (χ1n) is 8.89. The van der Waals surface area contributed by atoms with Crippen molar-refractivity contribution in [3.63, 3.8) is 0 Å². The minimum atomic E-state index is -0.522. The molecule has 0 fully saturated rings. The Labute approximate surface area is 162 Å². The number of nitrogens with zero attached hydrogens (tertiary/aromatic N) is 1. The van der Waals surface area contributed by atoms with Gasteiger partial charge in [-0.3, -0.25) is 9.78 Å². The minimum absolute atomic E-state index is 0.0774. The van der Waals surface area contributed by atoms with Crippen LogP contribution in [0.4, 0.5) is 5.69 Å². The SMILES string of the molecule is C=C(C)COc1ccc2c(C)c(CC(=O)Nc3cccnc3)c(=O)oc2c1C. The van der Waals surface area contributed by atoms with E-state index >= 15 is 0 Å². The molecular weight excluding hydrogens is 356 g/mol. The molecule has 3 aromatic rings. The predicted molar refractivity (Wildman–Crippen MR) is 109 cm³/mol. The Balaban J connectivity index is 1.92. The molecule has 0 aliphatic rings. The van der Waals surface area contributed by atoms with Crippen LogP contribution in [-0.4, -0.2) is 17.5 Å². The zero-order valence-corrected chi connectivity index (χ0v) is 16.2. The number of hydrogen-bond acceptors (Lipinski definition) is 5. The molecule has 1 amide bonds. The Morgan fingerprint density at radius 1 is 1.25 bits per heavy atom. The summed E-state index contributed by atoms with van der Waals surface area (Å²) < 4.78 is 11.3. The van der Waals surface area contributed by atoms with Crippen molar-refractivity contribution in [3.8, 4) is 5.75 Å². The molecule has 1 aromatic carbocycles. The van der Waals surface area contributed by atoms with E-state index < -0.39 is 5.63 Å². The zero-order valence-electron chi connectivity index (χ0n) is 16.2. The Hall–Kier alpha value is -3.41. The number of pyridine rings is 1. The fourth-order valence-electron chi connectivity index (χ4n) is 2.93. The van der Waals surface area contributed by atoms with E-state index in [4.69, 9.17) is 9.15 Å². The van der Waals surface area contributed by atoms with E-state index in [9.17, 15) is 9.59 Å². The first kappa shape index (κ1) is 19.4. The molecule has 0 aliphatic carbocycles. The average Bonchev–Trinajstić information content (AvgIpc) is 2.66. The van der Waals surface area contributed by atoms with Gasteiger partial charge in [-0.05, 0) is 56.2 Å². The van der Waals surface area contributed by atoms with Crippen molar-refractivity contribution in [2.24, 2.45) is 0 Å². The van der Waals surface area contributed by atoms with Crippen molar-refractivity contribution < 1.29 is 13.9 Å². The molecule has 0 atom stereocenters. The molecule has 2 aromatic heterocycles. The van der Waals surface area contributed by atoms with Crippen LogP contribution in [0.3, 0.4) is 0 Å². The van der Waals surface area contributed by atoms with Crippen LogP contribution in [0, 0.1) is 13.8 Å². The number of aromatic nitrogens is 1. The molecule has 0 radical (unpaired) electrons. The third kappa shape index (κ3) is 4.11. The van der Waals surface area contributed by atoms with Crippen LogP contribution in [0.15, 0.2) is 58.0 Å². The highest BCUT2D eigenvalue weighted by Gasteiger charge is 2.17. The van der Waals surface area contributed by atoms with Crippen molar-refractivity contribution in [1.29, 1.82) is 0 Å². The van der Waals surface area contributed by atoms with Crippen molar-refractivity contribution in [1.82, 2.24) is 4.98 Å². The summed E-state index contributed by atoms with van der Waals surface area (Å²) in [5.74, 6) is 0.334. The molecule has 6 nitrogen and oxygen atoms in total. The van der Waals surface area contributed by atoms with Crippen LogP contribution < -0.4 is 15.7 Å². The standard InChI is InChI=1S/C22H22N2O4/c1-13(2)12-27-19-8-7-17-14(3)18(22(26)28-21(17)15(19)4)10-20(25)24-16-6-5-9-23-11-16/h5-9,11H,1,10,12H2,2-4H3,(H,24,25). The number of ether oxygens (including phenoxy) is 1. The highest BCUT2D eigenvalue weighted by molar-refractivity contribution is 5.93. The summed E-state index contributed by atoms with van der Waals surface area (Å²) in [6.07, 6.45) is 3.09. The molecule has 1 N–H and O–H groups in total. The van der Waals surface area contributed by atoms with Gasteiger partial charge in [0.1, 0.15) is 17.9 Å². The molecular formula is C22H22N2O4. The molecule has 0 saturated heterocycles. The first-order chi connectivity index (χ1) is 13.4. The second kappa shape index (κ2) is 8.08. The summed E-state index contributed by atoms with van der Waals surface area (Å²) in [6.45, 7) is 9.75. The lowest BCUT2D eigenvalue weighted by Crippen LogP contribution is -2.20. The number of rotatable bonds is 6. The summed E-state index contributed by atoms with van der Waals surface area (Å²) in [7, 11) is 0. The van der Waals surface area contributed by atoms with Crippen LogP contribution in [-0.2, 0) is 11.2 Å². The fourth-order valence-corrected chi connectivity index (χ4v) is 2.93. The summed E-state index contributed by atoms with van der Waals surface area (Å²) >= 11 is 0. The number of carbonyl (C=O) groups excluding carboxylic acids is 1. The van der Waals surface area contributed by atoms with Gasteiger partial charge >= 0.3 is 5.63 Å². The second-order valence-electron chi connectivity index (χ2n) is 6.77. The molecule has 28 heavy (non-hydrogen) atoms. The van der Waals surface area contributed by atoms with Crippen molar-refractivity contribution in [2.45, 2.75) is 27.2 Å². The number of amides is 1. The largest absolute Gasteiger partial charge is 0.489 e. The lowest BCUT2D eigenvalue weighted by atomic mass is 10.0. The van der Waals surface area contributed by atoms with Gasteiger partial charge in [-0.1, -0.05) is 6.58 Å². The molecule has 0 spiro atoms. The number of hydrogen-bond donors (Lipinski definition) is 1. The zero-order chi connectivity index (χ0) is 20.3. The first-order valence-corrected chi connectivity index (χ1v) is 8.89. The number of fused-ring (bicyclic) bond motifs is 1. The van der Waals surface area contributed by atoms with Gasteiger partial charge in [-0.2, -0.15) is 0 Å². The van der Waals surface area contributed by atoms with Crippen LogP contribution in [0.5, 0.6) is 5.75 Å². The van der Waals surface area contributed by atoms with Crippen LogP contribution >= 0.6 is 0 Å². The van der Waals surface area contributed by atoms with Gasteiger partial charge in [0, 0.05) is 17.1 Å². The van der Waals surface area contributed by atoms with Crippen LogP contribution in [0.1, 0.15) is 23.6 Å².